The van der Waals surface area contributed by atoms with Crippen molar-refractivity contribution in [2.24, 2.45) is 0 Å². The van der Waals surface area contributed by atoms with Crippen LogP contribution in [0.1, 0.15) is 31.3 Å². The molecule has 0 saturated carbocycles. The molecule has 9 heteroatoms. The third-order valence-electron chi connectivity index (χ3n) is 3.46. The summed E-state index contributed by atoms with van der Waals surface area (Å²) in [5.74, 6) is -1.51. The molecule has 2 N–H and O–H groups in total. The lowest BCUT2D eigenvalue weighted by atomic mass is 9.98. The van der Waals surface area contributed by atoms with Gasteiger partial charge in [0.2, 0.25) is 0 Å². The van der Waals surface area contributed by atoms with Crippen LogP contribution < -0.4 is 5.73 Å². The number of benzene rings is 1. The first-order chi connectivity index (χ1) is 11.2. The van der Waals surface area contributed by atoms with Crippen molar-refractivity contribution in [3.05, 3.63) is 40.8 Å². The number of aromatic nitrogens is 4. The van der Waals surface area contributed by atoms with E-state index in [4.69, 9.17) is 17.3 Å². The van der Waals surface area contributed by atoms with Gasteiger partial charge in [-0.3, -0.25) is 0 Å². The molecule has 0 bridgehead atoms. The third-order valence-corrected chi connectivity index (χ3v) is 3.70. The van der Waals surface area contributed by atoms with Gasteiger partial charge in [0, 0.05) is 10.6 Å². The molecule has 0 atom stereocenters. The van der Waals surface area contributed by atoms with Gasteiger partial charge < -0.3 is 5.73 Å². The van der Waals surface area contributed by atoms with E-state index in [2.05, 4.69) is 15.1 Å². The highest BCUT2D eigenvalue weighted by molar-refractivity contribution is 6.30. The number of nitrogens with zero attached hydrogens (tertiary/aromatic N) is 4. The molecule has 5 nitrogen and oxygen atoms in total. The van der Waals surface area contributed by atoms with Crippen LogP contribution in [-0.2, 0) is 6.18 Å². The van der Waals surface area contributed by atoms with Crippen LogP contribution in [-0.4, -0.2) is 19.6 Å². The van der Waals surface area contributed by atoms with Crippen molar-refractivity contribution in [2.45, 2.75) is 25.9 Å². The predicted molar refractivity (Wildman–Crippen MR) is 84.7 cm³/mol. The van der Waals surface area contributed by atoms with Gasteiger partial charge >= 0.3 is 6.18 Å². The van der Waals surface area contributed by atoms with Crippen molar-refractivity contribution < 1.29 is 13.2 Å². The first-order valence-corrected chi connectivity index (χ1v) is 7.45. The van der Waals surface area contributed by atoms with Crippen LogP contribution in [0.3, 0.4) is 0 Å². The second-order valence-electron chi connectivity index (χ2n) is 5.57. The molecule has 0 amide bonds. The highest BCUT2D eigenvalue weighted by Crippen LogP contribution is 2.35. The maximum absolute atomic E-state index is 12.9. The van der Waals surface area contributed by atoms with Gasteiger partial charge in [-0.25, -0.2) is 4.98 Å². The molecule has 0 aliphatic heterocycles. The number of nitrogen functional groups attached to an aromatic ring is 1. The first kappa shape index (κ1) is 16.5. The van der Waals surface area contributed by atoms with Gasteiger partial charge in [-0.15, -0.1) is 5.10 Å². The van der Waals surface area contributed by atoms with Crippen molar-refractivity contribution >= 4 is 23.2 Å². The zero-order valence-corrected chi connectivity index (χ0v) is 13.5. The first-order valence-electron chi connectivity index (χ1n) is 7.07. The van der Waals surface area contributed by atoms with Gasteiger partial charge in [0.1, 0.15) is 5.82 Å². The van der Waals surface area contributed by atoms with E-state index in [1.807, 2.05) is 13.8 Å². The number of fused-ring (bicyclic) bond motifs is 1. The van der Waals surface area contributed by atoms with E-state index in [9.17, 15) is 13.2 Å². The molecule has 0 fully saturated rings. The molecule has 3 rings (SSSR count). The molecular weight excluding hydrogens is 343 g/mol. The average molecular weight is 356 g/mol. The van der Waals surface area contributed by atoms with Gasteiger partial charge in [-0.05, 0) is 23.6 Å². The van der Waals surface area contributed by atoms with E-state index in [0.29, 0.717) is 21.8 Å². The van der Waals surface area contributed by atoms with E-state index in [1.54, 1.807) is 24.3 Å². The summed E-state index contributed by atoms with van der Waals surface area (Å²) >= 11 is 6.02. The minimum atomic E-state index is -4.67. The Hall–Kier alpha value is -2.35. The van der Waals surface area contributed by atoms with E-state index in [0.717, 1.165) is 4.52 Å². The number of rotatable bonds is 2. The quantitative estimate of drug-likeness (QED) is 0.749. The Labute approximate surface area is 140 Å². The Kier molecular flexibility index (Phi) is 3.87. The number of nitrogens with two attached hydrogens (primary N) is 1. The molecule has 0 unspecified atom stereocenters. The number of hydrogen-bond donors (Lipinski definition) is 1. The summed E-state index contributed by atoms with van der Waals surface area (Å²) in [6, 6.07) is 6.86. The Balaban J connectivity index is 2.35. The minimum Gasteiger partial charge on any atom is -0.383 e. The lowest BCUT2D eigenvalue weighted by molar-refractivity contribution is -0.144. The van der Waals surface area contributed by atoms with Crippen LogP contribution in [0.15, 0.2) is 24.3 Å². The Morgan fingerprint density at radius 3 is 2.50 bits per heavy atom. The molecule has 0 aliphatic rings. The zero-order chi connectivity index (χ0) is 17.6. The molecule has 2 aromatic heterocycles. The lowest BCUT2D eigenvalue weighted by Gasteiger charge is -2.15. The van der Waals surface area contributed by atoms with Crippen LogP contribution in [0.2, 0.25) is 5.02 Å². The molecule has 0 spiro atoms. The summed E-state index contributed by atoms with van der Waals surface area (Å²) in [5, 5.41) is 3.94. The third kappa shape index (κ3) is 2.77. The van der Waals surface area contributed by atoms with Crippen molar-refractivity contribution in [3.63, 3.8) is 0 Å². The van der Waals surface area contributed by atoms with Crippen LogP contribution >= 0.6 is 11.6 Å². The molecule has 1 aromatic carbocycles. The standard InChI is InChI=1S/C15H13ClF3N5/c1-7(2)11-10(8-4-3-5-9(16)6-8)12(20)24-14(21-11)22-13(23-24)15(17,18)19/h3-7H,20H2,1-2H3. The maximum Gasteiger partial charge on any atom is 0.453 e. The fourth-order valence-electron chi connectivity index (χ4n) is 2.42. The van der Waals surface area contributed by atoms with E-state index in [-0.39, 0.29) is 17.5 Å². The summed E-state index contributed by atoms with van der Waals surface area (Å²) in [5.41, 5.74) is 7.79. The summed E-state index contributed by atoms with van der Waals surface area (Å²) in [7, 11) is 0. The fourth-order valence-corrected chi connectivity index (χ4v) is 2.61. The van der Waals surface area contributed by atoms with E-state index >= 15 is 0 Å². The maximum atomic E-state index is 12.9. The highest BCUT2D eigenvalue weighted by Gasteiger charge is 2.37. The van der Waals surface area contributed by atoms with Crippen molar-refractivity contribution in [2.75, 3.05) is 5.73 Å². The Morgan fingerprint density at radius 1 is 1.21 bits per heavy atom. The molecule has 24 heavy (non-hydrogen) atoms. The van der Waals surface area contributed by atoms with Gasteiger partial charge in [0.25, 0.3) is 11.6 Å². The number of halogens is 4. The molecular formula is C15H13ClF3N5. The lowest BCUT2D eigenvalue weighted by Crippen LogP contribution is -2.10. The van der Waals surface area contributed by atoms with Gasteiger partial charge in [-0.2, -0.15) is 22.7 Å². The Bertz CT molecular complexity index is 917. The second kappa shape index (κ2) is 5.62. The SMILES string of the molecule is CC(C)c1nc2nc(C(F)(F)F)nn2c(N)c1-c1cccc(Cl)c1. The smallest absolute Gasteiger partial charge is 0.383 e. The number of alkyl halides is 3. The summed E-state index contributed by atoms with van der Waals surface area (Å²) in [4.78, 5) is 7.69. The molecule has 126 valence electrons. The fraction of sp³-hybridized carbons (Fsp3) is 0.267. The molecule has 0 saturated heterocycles. The molecule has 3 aromatic rings. The summed E-state index contributed by atoms with van der Waals surface area (Å²) in [6.45, 7) is 3.74. The van der Waals surface area contributed by atoms with E-state index < -0.39 is 12.0 Å². The van der Waals surface area contributed by atoms with Crippen molar-refractivity contribution in [1.82, 2.24) is 19.6 Å². The topological polar surface area (TPSA) is 69.1 Å². The van der Waals surface area contributed by atoms with Crippen LogP contribution in [0.5, 0.6) is 0 Å². The monoisotopic (exact) mass is 355 g/mol. The van der Waals surface area contributed by atoms with Crippen molar-refractivity contribution in [1.29, 1.82) is 0 Å². The highest BCUT2D eigenvalue weighted by atomic mass is 35.5. The zero-order valence-electron chi connectivity index (χ0n) is 12.8. The van der Waals surface area contributed by atoms with Crippen LogP contribution in [0, 0.1) is 0 Å². The largest absolute Gasteiger partial charge is 0.453 e. The van der Waals surface area contributed by atoms with Crippen LogP contribution in [0.4, 0.5) is 19.0 Å². The predicted octanol–water partition coefficient (Wildman–Crippen LogP) is 4.17. The molecule has 0 aliphatic carbocycles. The number of hydrogen-bond acceptors (Lipinski definition) is 4. The second-order valence-corrected chi connectivity index (χ2v) is 6.00. The van der Waals surface area contributed by atoms with Gasteiger partial charge in [-0.1, -0.05) is 37.6 Å². The Morgan fingerprint density at radius 2 is 1.92 bits per heavy atom. The van der Waals surface area contributed by atoms with Gasteiger partial charge in [0.05, 0.1) is 5.69 Å². The molecule has 2 heterocycles. The minimum absolute atomic E-state index is 0.0361. The number of anilines is 1. The van der Waals surface area contributed by atoms with Crippen LogP contribution in [0.25, 0.3) is 16.9 Å². The summed E-state index contributed by atoms with van der Waals surface area (Å²) < 4.78 is 39.5. The summed E-state index contributed by atoms with van der Waals surface area (Å²) in [6.07, 6.45) is -4.67. The van der Waals surface area contributed by atoms with Crippen molar-refractivity contribution in [3.8, 4) is 11.1 Å². The van der Waals surface area contributed by atoms with Gasteiger partial charge in [0.15, 0.2) is 0 Å². The van der Waals surface area contributed by atoms with E-state index in [1.165, 1.54) is 0 Å². The molecule has 0 radical (unpaired) electrons. The average Bonchev–Trinajstić information content (AvgIpc) is 2.91. The normalized spacial score (nSPS) is 12.3.